The molecule has 2 heterocycles. The Hall–Kier alpha value is -1.33. The minimum absolute atomic E-state index is 0.0564. The summed E-state index contributed by atoms with van der Waals surface area (Å²) >= 11 is 7.13. The maximum Gasteiger partial charge on any atom is 0.357 e. The van der Waals surface area contributed by atoms with E-state index in [-0.39, 0.29) is 10.8 Å². The standard InChI is InChI=1S/C8H5ClN2O2S/c9-6-5(8(12)13)10-7(11-6)4-2-1-3-14-4/h1-3H,(H,10,11)(H,12,13). The van der Waals surface area contributed by atoms with E-state index in [9.17, 15) is 4.79 Å². The number of nitrogens with zero attached hydrogens (tertiary/aromatic N) is 1. The summed E-state index contributed by atoms with van der Waals surface area (Å²) in [4.78, 5) is 18.1. The second-order valence-corrected chi connectivity index (χ2v) is 3.86. The highest BCUT2D eigenvalue weighted by Gasteiger charge is 2.15. The average Bonchev–Trinajstić information content (AvgIpc) is 2.70. The van der Waals surface area contributed by atoms with Crippen LogP contribution in [0.2, 0.25) is 5.15 Å². The summed E-state index contributed by atoms with van der Waals surface area (Å²) in [5.74, 6) is -0.642. The Morgan fingerprint density at radius 2 is 2.43 bits per heavy atom. The first-order valence-corrected chi connectivity index (χ1v) is 4.97. The molecule has 0 saturated heterocycles. The van der Waals surface area contributed by atoms with Crippen molar-refractivity contribution in [3.8, 4) is 10.7 Å². The Morgan fingerprint density at radius 1 is 1.64 bits per heavy atom. The highest BCUT2D eigenvalue weighted by molar-refractivity contribution is 7.13. The Balaban J connectivity index is 2.48. The van der Waals surface area contributed by atoms with E-state index < -0.39 is 5.97 Å². The molecule has 0 fully saturated rings. The lowest BCUT2D eigenvalue weighted by atomic mass is 10.4. The van der Waals surface area contributed by atoms with Crippen molar-refractivity contribution < 1.29 is 9.90 Å². The SMILES string of the molecule is O=C(O)c1nc(-c2cccs2)[nH]c1Cl. The number of aromatic nitrogens is 2. The van der Waals surface area contributed by atoms with E-state index in [1.54, 1.807) is 0 Å². The zero-order valence-electron chi connectivity index (χ0n) is 6.82. The first-order chi connectivity index (χ1) is 6.68. The first kappa shape index (κ1) is 9.23. The van der Waals surface area contributed by atoms with E-state index in [0.29, 0.717) is 5.82 Å². The van der Waals surface area contributed by atoms with Crippen LogP contribution in [-0.4, -0.2) is 21.0 Å². The zero-order chi connectivity index (χ0) is 10.1. The monoisotopic (exact) mass is 228 g/mol. The molecule has 0 radical (unpaired) electrons. The van der Waals surface area contributed by atoms with Crippen molar-refractivity contribution in [2.24, 2.45) is 0 Å². The maximum absolute atomic E-state index is 10.6. The van der Waals surface area contributed by atoms with E-state index in [2.05, 4.69) is 9.97 Å². The molecule has 6 heteroatoms. The summed E-state index contributed by atoms with van der Waals surface area (Å²) in [7, 11) is 0. The summed E-state index contributed by atoms with van der Waals surface area (Å²) < 4.78 is 0. The summed E-state index contributed by atoms with van der Waals surface area (Å²) in [6.45, 7) is 0. The fourth-order valence-corrected chi connectivity index (χ4v) is 1.91. The van der Waals surface area contributed by atoms with Crippen molar-refractivity contribution in [1.29, 1.82) is 0 Å². The Labute approximate surface area is 88.2 Å². The van der Waals surface area contributed by atoms with Gasteiger partial charge in [0.1, 0.15) is 11.0 Å². The molecule has 2 aromatic rings. The number of hydrogen-bond donors (Lipinski definition) is 2. The second-order valence-electron chi connectivity index (χ2n) is 2.53. The number of carboxylic acids is 1. The third kappa shape index (κ3) is 1.51. The van der Waals surface area contributed by atoms with E-state index in [4.69, 9.17) is 16.7 Å². The number of imidazole rings is 1. The summed E-state index contributed by atoms with van der Waals surface area (Å²) in [6.07, 6.45) is 0. The average molecular weight is 229 g/mol. The van der Waals surface area contributed by atoms with Crippen LogP contribution in [0.5, 0.6) is 0 Å². The quantitative estimate of drug-likeness (QED) is 0.830. The van der Waals surface area contributed by atoms with Gasteiger partial charge in [-0.2, -0.15) is 0 Å². The van der Waals surface area contributed by atoms with Gasteiger partial charge in [0.05, 0.1) is 4.88 Å². The van der Waals surface area contributed by atoms with Crippen molar-refractivity contribution in [2.45, 2.75) is 0 Å². The molecule has 2 N–H and O–H groups in total. The number of carboxylic acid groups (broad SMARTS) is 1. The molecule has 0 aromatic carbocycles. The topological polar surface area (TPSA) is 66.0 Å². The number of rotatable bonds is 2. The van der Waals surface area contributed by atoms with Crippen molar-refractivity contribution in [1.82, 2.24) is 9.97 Å². The van der Waals surface area contributed by atoms with Crippen molar-refractivity contribution in [3.63, 3.8) is 0 Å². The van der Waals surface area contributed by atoms with Crippen LogP contribution in [-0.2, 0) is 0 Å². The zero-order valence-corrected chi connectivity index (χ0v) is 8.39. The number of thiophene rings is 1. The van der Waals surface area contributed by atoms with Crippen LogP contribution in [0.15, 0.2) is 17.5 Å². The van der Waals surface area contributed by atoms with Crippen LogP contribution in [0.25, 0.3) is 10.7 Å². The van der Waals surface area contributed by atoms with E-state index >= 15 is 0 Å². The molecule has 0 aliphatic carbocycles. The van der Waals surface area contributed by atoms with Gasteiger partial charge in [0.25, 0.3) is 0 Å². The molecule has 0 atom stereocenters. The largest absolute Gasteiger partial charge is 0.476 e. The van der Waals surface area contributed by atoms with Gasteiger partial charge >= 0.3 is 5.97 Å². The van der Waals surface area contributed by atoms with Gasteiger partial charge in [-0.3, -0.25) is 0 Å². The van der Waals surface area contributed by atoms with E-state index in [0.717, 1.165) is 4.88 Å². The molecule has 72 valence electrons. The number of H-pyrrole nitrogens is 1. The van der Waals surface area contributed by atoms with Crippen LogP contribution in [0.1, 0.15) is 10.5 Å². The molecule has 0 bridgehead atoms. The van der Waals surface area contributed by atoms with Crippen LogP contribution in [0.4, 0.5) is 0 Å². The fourth-order valence-electron chi connectivity index (χ4n) is 1.02. The lowest BCUT2D eigenvalue weighted by Crippen LogP contribution is -1.96. The van der Waals surface area contributed by atoms with E-state index in [1.165, 1.54) is 11.3 Å². The van der Waals surface area contributed by atoms with Crippen LogP contribution in [0.3, 0.4) is 0 Å². The Kier molecular flexibility index (Phi) is 2.26. The third-order valence-electron chi connectivity index (χ3n) is 1.62. The van der Waals surface area contributed by atoms with Crippen molar-refractivity contribution >= 4 is 28.9 Å². The molecule has 2 rings (SSSR count). The van der Waals surface area contributed by atoms with Gasteiger partial charge in [-0.25, -0.2) is 9.78 Å². The predicted molar refractivity (Wildman–Crippen MR) is 53.9 cm³/mol. The number of carbonyl (C=O) groups is 1. The number of halogens is 1. The number of aromatic carboxylic acids is 1. The minimum Gasteiger partial charge on any atom is -0.476 e. The van der Waals surface area contributed by atoms with Gasteiger partial charge in [0.2, 0.25) is 0 Å². The van der Waals surface area contributed by atoms with Gasteiger partial charge in [0, 0.05) is 0 Å². The van der Waals surface area contributed by atoms with E-state index in [1.807, 2.05) is 17.5 Å². The lowest BCUT2D eigenvalue weighted by Gasteiger charge is -1.86. The molecule has 0 saturated carbocycles. The maximum atomic E-state index is 10.6. The van der Waals surface area contributed by atoms with Gasteiger partial charge in [0.15, 0.2) is 5.69 Å². The molecule has 2 aromatic heterocycles. The first-order valence-electron chi connectivity index (χ1n) is 3.71. The van der Waals surface area contributed by atoms with Crippen LogP contribution in [0, 0.1) is 0 Å². The van der Waals surface area contributed by atoms with Gasteiger partial charge in [-0.05, 0) is 11.4 Å². The van der Waals surface area contributed by atoms with Gasteiger partial charge < -0.3 is 10.1 Å². The Morgan fingerprint density at radius 3 is 2.93 bits per heavy atom. The third-order valence-corrected chi connectivity index (χ3v) is 2.77. The molecule has 14 heavy (non-hydrogen) atoms. The fraction of sp³-hybridized carbons (Fsp3) is 0. The summed E-state index contributed by atoms with van der Waals surface area (Å²) in [5.41, 5.74) is -0.143. The smallest absolute Gasteiger partial charge is 0.357 e. The molecule has 0 spiro atoms. The number of nitrogens with one attached hydrogen (secondary N) is 1. The molecule has 0 unspecified atom stereocenters. The van der Waals surface area contributed by atoms with Crippen LogP contribution >= 0.6 is 22.9 Å². The summed E-state index contributed by atoms with van der Waals surface area (Å²) in [6, 6.07) is 3.70. The minimum atomic E-state index is -1.13. The normalized spacial score (nSPS) is 10.4. The molecular formula is C8H5ClN2O2S. The van der Waals surface area contributed by atoms with Crippen molar-refractivity contribution in [3.05, 3.63) is 28.4 Å². The second kappa shape index (κ2) is 3.43. The molecular weight excluding hydrogens is 224 g/mol. The molecule has 4 nitrogen and oxygen atoms in total. The highest BCUT2D eigenvalue weighted by atomic mass is 35.5. The van der Waals surface area contributed by atoms with Gasteiger partial charge in [-0.15, -0.1) is 11.3 Å². The molecule has 0 aliphatic heterocycles. The van der Waals surface area contributed by atoms with Crippen molar-refractivity contribution in [2.75, 3.05) is 0 Å². The summed E-state index contributed by atoms with van der Waals surface area (Å²) in [5, 5.41) is 10.7. The highest BCUT2D eigenvalue weighted by Crippen LogP contribution is 2.24. The van der Waals surface area contributed by atoms with Crippen LogP contribution < -0.4 is 0 Å². The number of hydrogen-bond acceptors (Lipinski definition) is 3. The molecule has 0 aliphatic rings. The lowest BCUT2D eigenvalue weighted by molar-refractivity contribution is 0.0691. The number of aromatic amines is 1. The molecule has 0 amide bonds. The van der Waals surface area contributed by atoms with Gasteiger partial charge in [-0.1, -0.05) is 17.7 Å². The Bertz CT molecular complexity index is 464. The predicted octanol–water partition coefficient (Wildman–Crippen LogP) is 2.49.